The smallest absolute Gasteiger partial charge is 0.254 e. The predicted molar refractivity (Wildman–Crippen MR) is 93.7 cm³/mol. The van der Waals surface area contributed by atoms with Crippen LogP contribution in [0.1, 0.15) is 12.0 Å². The summed E-state index contributed by atoms with van der Waals surface area (Å²) >= 11 is 0. The molecular weight excluding hydrogens is 332 g/mol. The zero-order valence-electron chi connectivity index (χ0n) is 14.7. The highest BCUT2D eigenvalue weighted by atomic mass is 16.5. The number of amides is 2. The van der Waals surface area contributed by atoms with Gasteiger partial charge in [-0.1, -0.05) is 12.2 Å². The third-order valence-electron chi connectivity index (χ3n) is 6.37. The average molecular weight is 352 g/mol. The molecule has 2 bridgehead atoms. The van der Waals surface area contributed by atoms with Crippen molar-refractivity contribution in [3.8, 4) is 11.5 Å². The largest absolute Gasteiger partial charge is 0.493 e. The number of nitrogens with zero attached hydrogens (tertiary/aromatic N) is 2. The van der Waals surface area contributed by atoms with Gasteiger partial charge in [-0.15, -0.1) is 0 Å². The molecule has 6 heteroatoms. The maximum Gasteiger partial charge on any atom is 0.254 e. The van der Waals surface area contributed by atoms with Gasteiger partial charge in [-0.3, -0.25) is 9.59 Å². The minimum Gasteiger partial charge on any atom is -0.493 e. The fourth-order valence-corrected chi connectivity index (χ4v) is 5.11. The summed E-state index contributed by atoms with van der Waals surface area (Å²) in [5.41, 5.74) is 0.738. The van der Waals surface area contributed by atoms with Crippen LogP contribution in [0.25, 0.3) is 0 Å². The first-order valence-electron chi connectivity index (χ1n) is 8.96. The van der Waals surface area contributed by atoms with Crippen molar-refractivity contribution in [2.75, 3.05) is 14.2 Å². The highest BCUT2D eigenvalue weighted by Gasteiger charge is 2.67. The van der Waals surface area contributed by atoms with Crippen molar-refractivity contribution in [2.24, 2.45) is 40.6 Å². The molecule has 1 aromatic carbocycles. The van der Waals surface area contributed by atoms with Crippen LogP contribution in [-0.4, -0.2) is 37.3 Å². The second kappa shape index (κ2) is 5.43. The van der Waals surface area contributed by atoms with Crippen molar-refractivity contribution in [1.29, 1.82) is 0 Å². The summed E-state index contributed by atoms with van der Waals surface area (Å²) < 4.78 is 10.5. The molecule has 1 aromatic rings. The number of hydrogen-bond donors (Lipinski definition) is 0. The third-order valence-corrected chi connectivity index (χ3v) is 6.37. The lowest BCUT2D eigenvalue weighted by molar-refractivity contribution is -0.140. The quantitative estimate of drug-likeness (QED) is 0.473. The van der Waals surface area contributed by atoms with Gasteiger partial charge in [0.2, 0.25) is 0 Å². The minimum absolute atomic E-state index is 0.151. The van der Waals surface area contributed by atoms with E-state index < -0.39 is 0 Å². The highest BCUT2D eigenvalue weighted by Crippen LogP contribution is 2.65. The summed E-state index contributed by atoms with van der Waals surface area (Å²) in [7, 11) is 3.13. The summed E-state index contributed by atoms with van der Waals surface area (Å²) in [4.78, 5) is 25.7. The molecule has 6 nitrogen and oxygen atoms in total. The highest BCUT2D eigenvalue weighted by molar-refractivity contribution is 6.06. The molecule has 0 unspecified atom stereocenters. The van der Waals surface area contributed by atoms with E-state index in [0.717, 1.165) is 17.0 Å². The monoisotopic (exact) mass is 352 g/mol. The Balaban J connectivity index is 1.41. The summed E-state index contributed by atoms with van der Waals surface area (Å²) in [6.07, 6.45) is 7.01. The van der Waals surface area contributed by atoms with Gasteiger partial charge in [-0.25, -0.2) is 0 Å². The summed E-state index contributed by atoms with van der Waals surface area (Å²) in [6, 6.07) is 5.34. The van der Waals surface area contributed by atoms with Crippen molar-refractivity contribution >= 4 is 18.0 Å². The number of carbonyl (C=O) groups is 2. The van der Waals surface area contributed by atoms with Gasteiger partial charge in [0, 0.05) is 0 Å². The lowest BCUT2D eigenvalue weighted by atomic mass is 9.63. The first-order chi connectivity index (χ1) is 12.6. The van der Waals surface area contributed by atoms with Crippen molar-refractivity contribution in [3.63, 3.8) is 0 Å². The van der Waals surface area contributed by atoms with Crippen LogP contribution in [0, 0.1) is 35.5 Å². The first-order valence-corrected chi connectivity index (χ1v) is 8.96. The third kappa shape index (κ3) is 2.01. The lowest BCUT2D eigenvalue weighted by Crippen LogP contribution is -2.40. The second-order valence-electron chi connectivity index (χ2n) is 7.50. The van der Waals surface area contributed by atoms with Crippen LogP contribution < -0.4 is 9.47 Å². The number of methoxy groups -OCH3 is 2. The zero-order valence-corrected chi connectivity index (χ0v) is 14.7. The van der Waals surface area contributed by atoms with Gasteiger partial charge >= 0.3 is 0 Å². The molecule has 1 aliphatic heterocycles. The molecule has 3 fully saturated rings. The van der Waals surface area contributed by atoms with Crippen LogP contribution in [0.5, 0.6) is 11.5 Å². The number of allylic oxidation sites excluding steroid dienone is 2. The fourth-order valence-electron chi connectivity index (χ4n) is 5.11. The number of carbonyl (C=O) groups excluding carboxylic acids is 2. The van der Waals surface area contributed by atoms with E-state index in [4.69, 9.17) is 9.47 Å². The van der Waals surface area contributed by atoms with E-state index in [1.165, 1.54) is 6.21 Å². The number of hydrogen-bond acceptors (Lipinski definition) is 5. The molecule has 26 heavy (non-hydrogen) atoms. The van der Waals surface area contributed by atoms with Crippen molar-refractivity contribution in [3.05, 3.63) is 35.9 Å². The Morgan fingerprint density at radius 3 is 2.19 bits per heavy atom. The number of benzene rings is 1. The van der Waals surface area contributed by atoms with Crippen LogP contribution in [0.2, 0.25) is 0 Å². The summed E-state index contributed by atoms with van der Waals surface area (Å²) in [5.74, 6) is 2.07. The van der Waals surface area contributed by atoms with Crippen LogP contribution in [0.4, 0.5) is 0 Å². The molecule has 0 radical (unpaired) electrons. The first kappa shape index (κ1) is 15.6. The number of imide groups is 1. The molecule has 1 heterocycles. The molecule has 2 saturated carbocycles. The van der Waals surface area contributed by atoms with E-state index in [1.807, 2.05) is 6.07 Å². The van der Waals surface area contributed by atoms with Gasteiger partial charge in [0.25, 0.3) is 11.8 Å². The predicted octanol–water partition coefficient (Wildman–Crippen LogP) is 2.09. The van der Waals surface area contributed by atoms with Crippen LogP contribution >= 0.6 is 0 Å². The molecule has 5 aliphatic rings. The Kier molecular flexibility index (Phi) is 3.26. The molecule has 2 amide bonds. The molecule has 6 atom stereocenters. The van der Waals surface area contributed by atoms with Gasteiger partial charge in [-0.2, -0.15) is 10.1 Å². The van der Waals surface area contributed by atoms with Crippen LogP contribution in [0.3, 0.4) is 0 Å². The molecule has 0 N–H and O–H groups in total. The van der Waals surface area contributed by atoms with E-state index in [9.17, 15) is 9.59 Å². The van der Waals surface area contributed by atoms with Gasteiger partial charge in [0.1, 0.15) is 0 Å². The van der Waals surface area contributed by atoms with E-state index in [1.54, 1.807) is 26.4 Å². The normalized spacial score (nSPS) is 36.5. The Bertz CT molecular complexity index is 825. The lowest BCUT2D eigenvalue weighted by Gasteiger charge is -2.37. The maximum atomic E-state index is 12.9. The Morgan fingerprint density at radius 2 is 1.62 bits per heavy atom. The van der Waals surface area contributed by atoms with Gasteiger partial charge in [0.15, 0.2) is 11.5 Å². The van der Waals surface area contributed by atoms with Crippen molar-refractivity contribution in [1.82, 2.24) is 5.01 Å². The summed E-state index contributed by atoms with van der Waals surface area (Å²) in [6.45, 7) is 0. The Labute approximate surface area is 151 Å². The topological polar surface area (TPSA) is 68.2 Å². The molecule has 0 spiro atoms. The van der Waals surface area contributed by atoms with Crippen molar-refractivity contribution < 1.29 is 19.1 Å². The molecule has 0 aromatic heterocycles. The van der Waals surface area contributed by atoms with Gasteiger partial charge in [-0.05, 0) is 53.9 Å². The second-order valence-corrected chi connectivity index (χ2v) is 7.50. The van der Waals surface area contributed by atoms with Gasteiger partial charge < -0.3 is 9.47 Å². The maximum absolute atomic E-state index is 12.9. The van der Waals surface area contributed by atoms with Crippen molar-refractivity contribution in [2.45, 2.75) is 6.42 Å². The minimum atomic E-state index is -0.219. The van der Waals surface area contributed by atoms with E-state index in [-0.39, 0.29) is 35.5 Å². The Hall–Kier alpha value is -2.63. The zero-order chi connectivity index (χ0) is 18.0. The van der Waals surface area contributed by atoms with E-state index in [2.05, 4.69) is 17.3 Å². The average Bonchev–Trinajstić information content (AvgIpc) is 3.45. The Morgan fingerprint density at radius 1 is 1.00 bits per heavy atom. The number of rotatable bonds is 4. The number of hydrazone groups is 1. The van der Waals surface area contributed by atoms with Crippen LogP contribution in [0.15, 0.2) is 35.5 Å². The standard InChI is InChI=1S/C20H20N2O4/c1-25-15-6-3-10(7-16(15)26-2)9-21-22-19(23)17-11-4-5-12(14-8-13(11)14)18(17)20(22)24/h3-7,9,11-14,17-18H,8H2,1-2H3/b21-9+/t11-,12-,13-,14-,17+,18+/m1/s1. The molecule has 4 aliphatic carbocycles. The molecule has 134 valence electrons. The molecular formula is C20H20N2O4. The SMILES string of the molecule is COc1ccc(/C=N/N2C(=O)[C@H]3[C@@H]4C=C[C@H]([C@H]5C[C@H]45)[C@@H]3C2=O)cc1OC. The van der Waals surface area contributed by atoms with Crippen LogP contribution in [-0.2, 0) is 9.59 Å². The molecule has 6 rings (SSSR count). The van der Waals surface area contributed by atoms with Gasteiger partial charge in [0.05, 0.1) is 32.3 Å². The molecule has 1 saturated heterocycles. The fraction of sp³-hybridized carbons (Fsp3) is 0.450. The number of ether oxygens (including phenoxy) is 2. The summed E-state index contributed by atoms with van der Waals surface area (Å²) in [5, 5.41) is 5.32. The van der Waals surface area contributed by atoms with E-state index in [0.29, 0.717) is 23.3 Å². The van der Waals surface area contributed by atoms with E-state index >= 15 is 0 Å².